The van der Waals surface area contributed by atoms with Crippen LogP contribution in [-0.2, 0) is 0 Å². The van der Waals surface area contributed by atoms with E-state index in [4.69, 9.17) is 37.8 Å². The fourth-order valence-corrected chi connectivity index (χ4v) is 3.11. The number of carboxylic acids is 1. The lowest BCUT2D eigenvalue weighted by atomic mass is 9.98. The van der Waals surface area contributed by atoms with Gasteiger partial charge in [0.15, 0.2) is 11.5 Å². The van der Waals surface area contributed by atoms with Crippen LogP contribution in [0.2, 0.25) is 0 Å². The number of aromatic carboxylic acids is 1. The zero-order valence-electron chi connectivity index (χ0n) is 13.9. The highest BCUT2D eigenvalue weighted by molar-refractivity contribution is 6.37. The smallest absolute Gasteiger partial charge is 0.335 e. The van der Waals surface area contributed by atoms with Crippen molar-refractivity contribution in [2.45, 2.75) is 6.92 Å². The summed E-state index contributed by atoms with van der Waals surface area (Å²) in [5, 5.41) is 16.4. The van der Waals surface area contributed by atoms with Crippen molar-refractivity contribution in [3.05, 3.63) is 64.2 Å². The number of nitrogens with zero attached hydrogens (tertiary/aromatic N) is 1. The summed E-state index contributed by atoms with van der Waals surface area (Å²) in [7, 11) is 0. The second kappa shape index (κ2) is 6.64. The number of aromatic nitrogens is 2. The van der Waals surface area contributed by atoms with Crippen molar-refractivity contribution in [2.75, 3.05) is 0 Å². The number of ether oxygens (including phenoxy) is 2. The molecular weight excluding hydrogens is 391 g/mol. The van der Waals surface area contributed by atoms with Crippen LogP contribution in [0, 0.1) is 6.92 Å². The van der Waals surface area contributed by atoms with Gasteiger partial charge in [-0.3, -0.25) is 5.10 Å². The molecule has 136 valence electrons. The number of halogens is 2. The number of aromatic amines is 1. The fourth-order valence-electron chi connectivity index (χ4n) is 2.86. The van der Waals surface area contributed by atoms with Gasteiger partial charge in [0.25, 0.3) is 0 Å². The van der Waals surface area contributed by atoms with Crippen LogP contribution in [0.25, 0.3) is 22.4 Å². The third-order valence-electron chi connectivity index (χ3n) is 4.14. The second-order valence-electron chi connectivity index (χ2n) is 5.87. The van der Waals surface area contributed by atoms with Crippen molar-refractivity contribution >= 4 is 29.2 Å². The number of aryl methyl sites for hydroxylation is 1. The predicted octanol–water partition coefficient (Wildman–Crippen LogP) is 5.13. The molecule has 6 nitrogen and oxygen atoms in total. The molecule has 0 radical (unpaired) electrons. The first-order chi connectivity index (χ1) is 12.9. The Morgan fingerprint density at radius 2 is 1.63 bits per heavy atom. The lowest BCUT2D eigenvalue weighted by Crippen LogP contribution is -2.05. The molecule has 2 N–H and O–H groups in total. The molecule has 1 aromatic heterocycles. The standard InChI is InChI=1S/C19H12Cl2N2O4/c1-9-15(12-6-7-13-14(8-12)27-18(21)17(20)26-13)16(23-22-9)10-2-4-11(5-3-10)19(24)25/h2-8H,1H3,(H,22,23)(H,24,25). The first-order valence-electron chi connectivity index (χ1n) is 7.88. The highest BCUT2D eigenvalue weighted by Crippen LogP contribution is 2.42. The topological polar surface area (TPSA) is 84.4 Å². The Morgan fingerprint density at radius 3 is 2.30 bits per heavy atom. The summed E-state index contributed by atoms with van der Waals surface area (Å²) in [6, 6.07) is 11.9. The van der Waals surface area contributed by atoms with Crippen molar-refractivity contribution in [3.63, 3.8) is 0 Å². The van der Waals surface area contributed by atoms with E-state index in [1.54, 1.807) is 36.4 Å². The van der Waals surface area contributed by atoms with Crippen LogP contribution in [0.3, 0.4) is 0 Å². The van der Waals surface area contributed by atoms with Gasteiger partial charge in [0.05, 0.1) is 5.56 Å². The molecule has 0 fully saturated rings. The number of carboxylic acid groups (broad SMARTS) is 1. The van der Waals surface area contributed by atoms with Crippen molar-refractivity contribution in [1.29, 1.82) is 0 Å². The Kier molecular flexibility index (Phi) is 4.30. The number of hydrogen-bond donors (Lipinski definition) is 2. The maximum absolute atomic E-state index is 11.1. The molecule has 0 amide bonds. The Hall–Kier alpha value is -2.96. The van der Waals surface area contributed by atoms with Crippen molar-refractivity contribution in [1.82, 2.24) is 10.2 Å². The second-order valence-corrected chi connectivity index (χ2v) is 6.55. The molecule has 2 heterocycles. The van der Waals surface area contributed by atoms with Gasteiger partial charge in [-0.2, -0.15) is 5.10 Å². The van der Waals surface area contributed by atoms with E-state index in [1.807, 2.05) is 13.0 Å². The Labute approximate surface area is 163 Å². The largest absolute Gasteiger partial charge is 0.478 e. The normalized spacial score (nSPS) is 13.0. The summed E-state index contributed by atoms with van der Waals surface area (Å²) in [6.07, 6.45) is 0. The van der Waals surface area contributed by atoms with E-state index in [0.29, 0.717) is 17.2 Å². The summed E-state index contributed by atoms with van der Waals surface area (Å²) in [5.74, 6) is -0.0771. The van der Waals surface area contributed by atoms with E-state index in [1.165, 1.54) is 0 Å². The minimum absolute atomic E-state index is 0.0179. The van der Waals surface area contributed by atoms with E-state index in [-0.39, 0.29) is 16.0 Å². The maximum atomic E-state index is 11.1. The predicted molar refractivity (Wildman–Crippen MR) is 101 cm³/mol. The molecule has 4 rings (SSSR count). The molecule has 27 heavy (non-hydrogen) atoms. The molecule has 2 aromatic carbocycles. The van der Waals surface area contributed by atoms with Gasteiger partial charge in [-0.05, 0) is 60.0 Å². The number of H-pyrrole nitrogens is 1. The van der Waals surface area contributed by atoms with Gasteiger partial charge in [-0.1, -0.05) is 18.2 Å². The van der Waals surface area contributed by atoms with Crippen LogP contribution < -0.4 is 9.47 Å². The molecule has 1 aliphatic heterocycles. The highest BCUT2D eigenvalue weighted by atomic mass is 35.5. The van der Waals surface area contributed by atoms with Gasteiger partial charge < -0.3 is 14.6 Å². The van der Waals surface area contributed by atoms with E-state index in [0.717, 1.165) is 22.4 Å². The Bertz CT molecular complexity index is 1090. The van der Waals surface area contributed by atoms with Crippen molar-refractivity contribution in [2.24, 2.45) is 0 Å². The van der Waals surface area contributed by atoms with Crippen LogP contribution in [0.1, 0.15) is 16.1 Å². The van der Waals surface area contributed by atoms with Gasteiger partial charge in [0.1, 0.15) is 5.69 Å². The number of benzene rings is 2. The third-order valence-corrected chi connectivity index (χ3v) is 4.73. The summed E-state index contributed by atoms with van der Waals surface area (Å²) in [4.78, 5) is 11.1. The van der Waals surface area contributed by atoms with Crippen LogP contribution in [-0.4, -0.2) is 21.3 Å². The van der Waals surface area contributed by atoms with E-state index in [9.17, 15) is 4.79 Å². The summed E-state index contributed by atoms with van der Waals surface area (Å²) in [5.41, 5.74) is 4.24. The van der Waals surface area contributed by atoms with Crippen LogP contribution in [0.4, 0.5) is 0 Å². The number of hydrogen-bond acceptors (Lipinski definition) is 4. The van der Waals surface area contributed by atoms with Gasteiger partial charge in [0.2, 0.25) is 10.4 Å². The van der Waals surface area contributed by atoms with Crippen LogP contribution in [0.5, 0.6) is 11.5 Å². The molecular formula is C19H12Cl2N2O4. The summed E-state index contributed by atoms with van der Waals surface area (Å²) in [6.45, 7) is 1.90. The number of rotatable bonds is 3. The van der Waals surface area contributed by atoms with Crippen molar-refractivity contribution in [3.8, 4) is 33.9 Å². The zero-order chi connectivity index (χ0) is 19.1. The minimum atomic E-state index is -0.976. The third kappa shape index (κ3) is 3.13. The van der Waals surface area contributed by atoms with E-state index >= 15 is 0 Å². The fraction of sp³-hybridized carbons (Fsp3) is 0.0526. The van der Waals surface area contributed by atoms with Gasteiger partial charge in [-0.15, -0.1) is 0 Å². The summed E-state index contributed by atoms with van der Waals surface area (Å²) >= 11 is 11.7. The molecule has 0 aliphatic carbocycles. The molecule has 3 aromatic rings. The summed E-state index contributed by atoms with van der Waals surface area (Å²) < 4.78 is 10.9. The van der Waals surface area contributed by atoms with Crippen LogP contribution in [0.15, 0.2) is 52.9 Å². The van der Waals surface area contributed by atoms with Gasteiger partial charge in [-0.25, -0.2) is 4.79 Å². The molecule has 1 aliphatic rings. The average Bonchev–Trinajstić information content (AvgIpc) is 3.04. The van der Waals surface area contributed by atoms with E-state index in [2.05, 4.69) is 10.2 Å². The molecule has 0 saturated carbocycles. The monoisotopic (exact) mass is 402 g/mol. The number of nitrogens with one attached hydrogen (secondary N) is 1. The molecule has 8 heteroatoms. The molecule has 0 atom stereocenters. The van der Waals surface area contributed by atoms with Crippen LogP contribution >= 0.6 is 23.2 Å². The zero-order valence-corrected chi connectivity index (χ0v) is 15.4. The van der Waals surface area contributed by atoms with Gasteiger partial charge >= 0.3 is 5.97 Å². The Morgan fingerprint density at radius 1 is 1.00 bits per heavy atom. The lowest BCUT2D eigenvalue weighted by Gasteiger charge is -2.18. The first-order valence-corrected chi connectivity index (χ1v) is 8.63. The van der Waals surface area contributed by atoms with Gasteiger partial charge in [0, 0.05) is 16.8 Å². The first kappa shape index (κ1) is 17.5. The highest BCUT2D eigenvalue weighted by Gasteiger charge is 2.22. The van der Waals surface area contributed by atoms with Crippen molar-refractivity contribution < 1.29 is 19.4 Å². The Balaban J connectivity index is 1.77. The number of carbonyl (C=O) groups is 1. The quantitative estimate of drug-likeness (QED) is 0.634. The van der Waals surface area contributed by atoms with E-state index < -0.39 is 5.97 Å². The molecule has 0 bridgehead atoms. The SMILES string of the molecule is Cc1[nH]nc(-c2ccc(C(=O)O)cc2)c1-c1ccc2c(c1)OC(Cl)=C(Cl)O2. The lowest BCUT2D eigenvalue weighted by molar-refractivity contribution is 0.0697. The molecule has 0 saturated heterocycles. The molecule has 0 spiro atoms. The average molecular weight is 403 g/mol. The minimum Gasteiger partial charge on any atom is -0.478 e. The maximum Gasteiger partial charge on any atom is 0.335 e. The molecule has 0 unspecified atom stereocenters. The number of fused-ring (bicyclic) bond motifs is 1.